The molecule has 26 heteroatoms. The number of ether oxygens (including phenoxy) is 2. The second-order valence-corrected chi connectivity index (χ2v) is 20.6. The Morgan fingerprint density at radius 2 is 0.778 bits per heavy atom. The van der Waals surface area contributed by atoms with Crippen LogP contribution < -0.4 is 65.5 Å². The number of fused-ring (bicyclic) bond motifs is 4. The van der Waals surface area contributed by atoms with Crippen LogP contribution in [0.5, 0.6) is 0 Å². The second kappa shape index (κ2) is 28.7. The molecule has 8 amide bonds. The number of nitrogens with one attached hydrogen (secondary N) is 8. The van der Waals surface area contributed by atoms with Crippen LogP contribution >= 0.6 is 0 Å². The molecule has 20 N–H and O–H groups in total. The predicted octanol–water partition coefficient (Wildman–Crippen LogP) is -6.34. The van der Waals surface area contributed by atoms with E-state index in [1.807, 2.05) is 0 Å². The molecule has 0 spiro atoms. The standard InChI is InChI=1S/C46H84N12O14/c1-19(2)15-25-39(63)51-17-27-33(59)35(61)29(49)37(71-27)45(69)58-32(22(7)8)44(68)54-24(12-10-14-48)42(66)56-26(16-20(3)4)40(64)52-18-28-34(60)36(62)30(50)38(72-28)46(70)57-31(21(5)6)43(67)53-23(11-9-13-47)41(65)55-25/h19-38,59-62H,9-18,47-50H2,1-8H3,(H,51,63)(H,52,64)(H,53,67)(H,54,68)(H,55,65)(H,56,66)(H,57,70)(H,58,69)/t23-,24-,25-,26-,27+,28+,29+,30+,31-,32-,33+,34+,35+,36+,37+,38+/m0/s1. The van der Waals surface area contributed by atoms with Crippen molar-refractivity contribution in [1.29, 1.82) is 0 Å². The zero-order valence-electron chi connectivity index (χ0n) is 42.8. The summed E-state index contributed by atoms with van der Waals surface area (Å²) in [5.74, 6) is -8.16. The number of hydrogen-bond acceptors (Lipinski definition) is 18. The summed E-state index contributed by atoms with van der Waals surface area (Å²) >= 11 is 0. The summed E-state index contributed by atoms with van der Waals surface area (Å²) < 4.78 is 11.8. The van der Waals surface area contributed by atoms with E-state index in [9.17, 15) is 58.8 Å². The first-order valence-corrected chi connectivity index (χ1v) is 25.1. The number of nitrogens with two attached hydrogens (primary N) is 4. The topological polar surface area (TPSA) is 436 Å². The lowest BCUT2D eigenvalue weighted by atomic mass is 9.92. The fraction of sp³-hybridized carbons (Fsp3) is 0.826. The van der Waals surface area contributed by atoms with Gasteiger partial charge in [-0.15, -0.1) is 0 Å². The molecule has 16 atom stereocenters. The third kappa shape index (κ3) is 17.2. The van der Waals surface area contributed by atoms with Gasteiger partial charge in [-0.1, -0.05) is 55.4 Å². The fourth-order valence-electron chi connectivity index (χ4n) is 8.63. The minimum atomic E-state index is -1.75. The van der Waals surface area contributed by atoms with Gasteiger partial charge in [0.2, 0.25) is 35.4 Å². The SMILES string of the molecule is CC(C)C[C@@H]1NC(=O)[C@H](CCCN)NC(=O)[C@H](C(C)C)NC(=O)[C@@H]2O[C@H](CNC(=O)[C@H](CC(C)C)NC(=O)[C@H](CCCN)NC(=O)[C@H](C(C)C)NC(=O)[C@@H]3O[C@H](CNC1=O)[C@@H](O)[C@H](O)[C@H]3N)[C@@H](O)[C@H](O)[C@H]2N. The number of aliphatic hydroxyl groups excluding tert-OH is 4. The van der Waals surface area contributed by atoms with E-state index in [1.54, 1.807) is 55.4 Å². The smallest absolute Gasteiger partial charge is 0.251 e. The first kappa shape index (κ1) is 61.7. The van der Waals surface area contributed by atoms with Crippen molar-refractivity contribution in [3.63, 3.8) is 0 Å². The molecule has 72 heavy (non-hydrogen) atoms. The number of carbonyl (C=O) groups excluding carboxylic acids is 8. The Kier molecular flexibility index (Phi) is 24.6. The summed E-state index contributed by atoms with van der Waals surface area (Å²) in [6, 6.07) is -10.7. The molecule has 0 aromatic rings. The molecule has 26 nitrogen and oxygen atoms in total. The summed E-state index contributed by atoms with van der Waals surface area (Å²) in [5.41, 5.74) is 24.0. The van der Waals surface area contributed by atoms with Crippen molar-refractivity contribution < 1.29 is 68.3 Å². The van der Waals surface area contributed by atoms with Crippen molar-refractivity contribution in [2.24, 2.45) is 46.6 Å². The van der Waals surface area contributed by atoms with Gasteiger partial charge < -0.3 is 95.4 Å². The number of amides is 8. The van der Waals surface area contributed by atoms with Crippen LogP contribution in [0.3, 0.4) is 0 Å². The summed E-state index contributed by atoms with van der Waals surface area (Å²) in [7, 11) is 0. The molecule has 0 aromatic carbocycles. The largest absolute Gasteiger partial charge is 0.389 e. The van der Waals surface area contributed by atoms with Crippen LogP contribution in [0.1, 0.15) is 93.9 Å². The zero-order valence-corrected chi connectivity index (χ0v) is 42.8. The van der Waals surface area contributed by atoms with Gasteiger partial charge in [-0.2, -0.15) is 0 Å². The molecule has 0 radical (unpaired) electrons. The van der Waals surface area contributed by atoms with Crippen LogP contribution in [0.4, 0.5) is 0 Å². The van der Waals surface area contributed by atoms with Crippen LogP contribution in [-0.2, 0) is 47.8 Å². The molecule has 0 aromatic heterocycles. The van der Waals surface area contributed by atoms with Crippen molar-refractivity contribution in [3.8, 4) is 0 Å². The van der Waals surface area contributed by atoms with Crippen molar-refractivity contribution in [3.05, 3.63) is 0 Å². The maximum atomic E-state index is 14.0. The van der Waals surface area contributed by atoms with Gasteiger partial charge >= 0.3 is 0 Å². The van der Waals surface area contributed by atoms with Crippen LogP contribution in [-0.4, -0.2) is 191 Å². The molecule has 3 rings (SSSR count). The van der Waals surface area contributed by atoms with Gasteiger partial charge in [0, 0.05) is 13.1 Å². The van der Waals surface area contributed by atoms with E-state index in [1.165, 1.54) is 0 Å². The fourth-order valence-corrected chi connectivity index (χ4v) is 8.63. The predicted molar refractivity (Wildman–Crippen MR) is 260 cm³/mol. The van der Waals surface area contributed by atoms with Gasteiger partial charge in [0.25, 0.3) is 11.8 Å². The molecule has 0 aliphatic carbocycles. The highest BCUT2D eigenvalue weighted by atomic mass is 16.5. The molecule has 4 bridgehead atoms. The molecule has 3 saturated heterocycles. The Labute approximate surface area is 421 Å². The van der Waals surface area contributed by atoms with Gasteiger partial charge in [0.1, 0.15) is 72.9 Å². The van der Waals surface area contributed by atoms with Crippen LogP contribution in [0.2, 0.25) is 0 Å². The Bertz CT molecular complexity index is 1720. The number of aliphatic hydroxyl groups is 4. The van der Waals surface area contributed by atoms with E-state index in [-0.39, 0.29) is 63.5 Å². The maximum Gasteiger partial charge on any atom is 0.251 e. The van der Waals surface area contributed by atoms with Gasteiger partial charge in [-0.05, 0) is 75.3 Å². The molecule has 3 aliphatic heterocycles. The maximum absolute atomic E-state index is 14.0. The van der Waals surface area contributed by atoms with Crippen molar-refractivity contribution >= 4 is 47.3 Å². The summed E-state index contributed by atoms with van der Waals surface area (Å²) in [5, 5.41) is 65.1. The summed E-state index contributed by atoms with van der Waals surface area (Å²) in [6.45, 7) is 12.9. The van der Waals surface area contributed by atoms with Crippen LogP contribution in [0.15, 0.2) is 0 Å². The van der Waals surface area contributed by atoms with Gasteiger partial charge in [-0.25, -0.2) is 0 Å². The third-order valence-corrected chi connectivity index (χ3v) is 12.9. The van der Waals surface area contributed by atoms with E-state index in [4.69, 9.17) is 32.4 Å². The Morgan fingerprint density at radius 1 is 0.458 bits per heavy atom. The van der Waals surface area contributed by atoms with E-state index in [2.05, 4.69) is 42.5 Å². The number of rotatable bonds is 12. The number of carbonyl (C=O) groups is 8. The lowest BCUT2D eigenvalue weighted by molar-refractivity contribution is -0.185. The Morgan fingerprint density at radius 3 is 1.07 bits per heavy atom. The molecular weight excluding hydrogens is 945 g/mol. The lowest BCUT2D eigenvalue weighted by Crippen LogP contribution is -2.68. The van der Waals surface area contributed by atoms with Crippen LogP contribution in [0, 0.1) is 23.7 Å². The van der Waals surface area contributed by atoms with E-state index >= 15 is 0 Å². The van der Waals surface area contributed by atoms with Crippen molar-refractivity contribution in [2.75, 3.05) is 26.2 Å². The molecule has 412 valence electrons. The molecule has 3 fully saturated rings. The monoisotopic (exact) mass is 1030 g/mol. The number of hydrogen-bond donors (Lipinski definition) is 16. The highest BCUT2D eigenvalue weighted by Gasteiger charge is 2.48. The van der Waals surface area contributed by atoms with Gasteiger partial charge in [0.15, 0.2) is 12.2 Å². The molecular formula is C46H84N12O14. The lowest BCUT2D eigenvalue weighted by Gasteiger charge is -2.41. The van der Waals surface area contributed by atoms with E-state index in [0.29, 0.717) is 0 Å². The highest BCUT2D eigenvalue weighted by Crippen LogP contribution is 2.23. The quantitative estimate of drug-likeness (QED) is 0.0864. The highest BCUT2D eigenvalue weighted by molar-refractivity contribution is 5.96. The summed E-state index contributed by atoms with van der Waals surface area (Å²) in [4.78, 5) is 112. The minimum Gasteiger partial charge on any atom is -0.389 e. The van der Waals surface area contributed by atoms with Gasteiger partial charge in [-0.3, -0.25) is 38.4 Å². The minimum absolute atomic E-state index is 0.0105. The van der Waals surface area contributed by atoms with Crippen molar-refractivity contribution in [1.82, 2.24) is 42.5 Å². The average Bonchev–Trinajstić information content (AvgIpc) is 3.31. The average molecular weight is 1030 g/mol. The van der Waals surface area contributed by atoms with Gasteiger partial charge in [0.05, 0.1) is 12.1 Å². The second-order valence-electron chi connectivity index (χ2n) is 20.6. The summed E-state index contributed by atoms with van der Waals surface area (Å²) in [6.07, 6.45) is -12.5. The first-order valence-electron chi connectivity index (χ1n) is 25.1. The van der Waals surface area contributed by atoms with E-state index < -0.39 is 169 Å². The van der Waals surface area contributed by atoms with E-state index in [0.717, 1.165) is 0 Å². The zero-order chi connectivity index (χ0) is 54.3. The molecule has 0 saturated carbocycles. The molecule has 3 heterocycles. The van der Waals surface area contributed by atoms with Crippen LogP contribution in [0.25, 0.3) is 0 Å². The Balaban J connectivity index is 2.10. The molecule has 0 unspecified atom stereocenters. The normalized spacial score (nSPS) is 34.8. The first-order chi connectivity index (χ1) is 33.7. The Hall–Kier alpha value is -4.64. The van der Waals surface area contributed by atoms with Crippen molar-refractivity contribution in [2.45, 2.75) is 191 Å². The third-order valence-electron chi connectivity index (χ3n) is 12.9. The molecule has 3 aliphatic rings.